The quantitative estimate of drug-likeness (QED) is 0.624. The molecule has 0 saturated carbocycles. The lowest BCUT2D eigenvalue weighted by molar-refractivity contribution is 0.193. The van der Waals surface area contributed by atoms with Gasteiger partial charge in [-0.25, -0.2) is 8.78 Å². The van der Waals surface area contributed by atoms with Gasteiger partial charge in [0.1, 0.15) is 0 Å². The summed E-state index contributed by atoms with van der Waals surface area (Å²) in [5.74, 6) is 0. The first-order valence-electron chi connectivity index (χ1n) is 4.60. The van der Waals surface area contributed by atoms with Gasteiger partial charge in [0.05, 0.1) is 0 Å². The van der Waals surface area contributed by atoms with Crippen molar-refractivity contribution in [3.05, 3.63) is 34.4 Å². The molecular formula is C11H15BrF2. The van der Waals surface area contributed by atoms with Gasteiger partial charge in [0.2, 0.25) is 0 Å². The molecule has 0 atom stereocenters. The first-order valence-corrected chi connectivity index (χ1v) is 5.39. The fourth-order valence-corrected chi connectivity index (χ4v) is 1.36. The van der Waals surface area contributed by atoms with Crippen LogP contribution in [0.25, 0.3) is 0 Å². The summed E-state index contributed by atoms with van der Waals surface area (Å²) in [5.41, 5.74) is 0.0740. The van der Waals surface area contributed by atoms with Crippen molar-refractivity contribution in [2.75, 3.05) is 0 Å². The lowest BCUT2D eigenvalue weighted by Crippen LogP contribution is -1.96. The molecule has 0 aromatic carbocycles. The largest absolute Gasteiger partial charge is 0.264 e. The second-order valence-corrected chi connectivity index (χ2v) is 3.64. The van der Waals surface area contributed by atoms with E-state index in [1.54, 1.807) is 24.3 Å². The summed E-state index contributed by atoms with van der Waals surface area (Å²) in [6.07, 6.45) is 5.87. The molecule has 0 aliphatic carbocycles. The second-order valence-electron chi connectivity index (χ2n) is 2.79. The van der Waals surface area contributed by atoms with Gasteiger partial charge < -0.3 is 0 Å². The van der Waals surface area contributed by atoms with Gasteiger partial charge in [0, 0.05) is 10.1 Å². The van der Waals surface area contributed by atoms with Gasteiger partial charge in [-0.15, -0.1) is 0 Å². The highest BCUT2D eigenvalue weighted by Crippen LogP contribution is 2.24. The summed E-state index contributed by atoms with van der Waals surface area (Å²) in [5, 5.41) is 0. The minimum absolute atomic E-state index is 0.0740. The molecule has 0 fully saturated rings. The van der Waals surface area contributed by atoms with E-state index < -0.39 is 6.43 Å². The average molecular weight is 265 g/mol. The molecule has 0 aliphatic heterocycles. The lowest BCUT2D eigenvalue weighted by atomic mass is 10.2. The molecular weight excluding hydrogens is 250 g/mol. The lowest BCUT2D eigenvalue weighted by Gasteiger charge is -2.04. The van der Waals surface area contributed by atoms with E-state index in [9.17, 15) is 8.78 Å². The van der Waals surface area contributed by atoms with Gasteiger partial charge in [-0.3, -0.25) is 0 Å². The van der Waals surface area contributed by atoms with Crippen molar-refractivity contribution in [3.8, 4) is 0 Å². The van der Waals surface area contributed by atoms with Crippen molar-refractivity contribution >= 4 is 15.9 Å². The van der Waals surface area contributed by atoms with Gasteiger partial charge in [0.15, 0.2) is 0 Å². The third kappa shape index (κ3) is 5.32. The van der Waals surface area contributed by atoms with Crippen LogP contribution in [-0.2, 0) is 0 Å². The Morgan fingerprint density at radius 2 is 2.07 bits per heavy atom. The second kappa shape index (κ2) is 7.92. The number of hydrogen-bond acceptors (Lipinski definition) is 0. The third-order valence-corrected chi connectivity index (χ3v) is 2.32. The van der Waals surface area contributed by atoms with Crippen molar-refractivity contribution in [1.29, 1.82) is 0 Å². The van der Waals surface area contributed by atoms with Crippen LogP contribution in [-0.4, -0.2) is 6.43 Å². The van der Waals surface area contributed by atoms with Gasteiger partial charge in [-0.05, 0) is 19.4 Å². The van der Waals surface area contributed by atoms with E-state index in [-0.39, 0.29) is 5.57 Å². The van der Waals surface area contributed by atoms with Crippen LogP contribution in [0.2, 0.25) is 0 Å². The van der Waals surface area contributed by atoms with Crippen molar-refractivity contribution in [1.82, 2.24) is 0 Å². The Morgan fingerprint density at radius 1 is 1.43 bits per heavy atom. The number of rotatable bonds is 5. The van der Waals surface area contributed by atoms with Gasteiger partial charge in [-0.2, -0.15) is 0 Å². The fraction of sp³-hybridized carbons (Fsp3) is 0.455. The maximum atomic E-state index is 12.5. The number of halogens is 3. The summed E-state index contributed by atoms with van der Waals surface area (Å²) < 4.78 is 25.5. The van der Waals surface area contributed by atoms with E-state index in [4.69, 9.17) is 0 Å². The van der Waals surface area contributed by atoms with E-state index in [0.717, 1.165) is 6.42 Å². The van der Waals surface area contributed by atoms with Crippen LogP contribution in [0, 0.1) is 0 Å². The molecule has 0 aromatic heterocycles. The van der Waals surface area contributed by atoms with Crippen LogP contribution in [0.3, 0.4) is 0 Å². The normalized spacial score (nSPS) is 14.4. The molecule has 3 heteroatoms. The summed E-state index contributed by atoms with van der Waals surface area (Å²) in [4.78, 5) is 0. The van der Waals surface area contributed by atoms with Crippen molar-refractivity contribution in [2.24, 2.45) is 0 Å². The molecule has 0 heterocycles. The fourth-order valence-electron chi connectivity index (χ4n) is 0.868. The van der Waals surface area contributed by atoms with Crippen LogP contribution in [0.4, 0.5) is 8.78 Å². The third-order valence-electron chi connectivity index (χ3n) is 1.60. The molecule has 0 N–H and O–H groups in total. The van der Waals surface area contributed by atoms with Crippen LogP contribution in [0.5, 0.6) is 0 Å². The Hall–Kier alpha value is -0.440. The van der Waals surface area contributed by atoms with Crippen molar-refractivity contribution < 1.29 is 8.78 Å². The first kappa shape index (κ1) is 13.6. The topological polar surface area (TPSA) is 0 Å². The van der Waals surface area contributed by atoms with E-state index in [2.05, 4.69) is 15.9 Å². The first-order chi connectivity index (χ1) is 6.63. The molecule has 0 amide bonds. The molecule has 0 bridgehead atoms. The summed E-state index contributed by atoms with van der Waals surface area (Å²) >= 11 is 3.14. The van der Waals surface area contributed by atoms with E-state index in [0.29, 0.717) is 10.9 Å². The number of allylic oxidation sites excluding steroid dienone is 6. The molecule has 0 rings (SSSR count). The molecule has 0 nitrogen and oxygen atoms in total. The number of hydrogen-bond donors (Lipinski definition) is 0. The standard InChI is InChI=1S/C11H15BrF2/c1-3-5-7-9(11(13)14)10(12)8-6-4-2/h4,6-8,11H,3,5H2,1-2H3/b6-4-,9-7-,10-8+. The Balaban J connectivity index is 4.65. The smallest absolute Gasteiger partial charge is 0.205 e. The zero-order valence-electron chi connectivity index (χ0n) is 8.43. The molecule has 0 unspecified atom stereocenters. The predicted octanol–water partition coefficient (Wildman–Crippen LogP) is 4.83. The monoisotopic (exact) mass is 264 g/mol. The van der Waals surface area contributed by atoms with Crippen LogP contribution in [0.1, 0.15) is 26.7 Å². The summed E-state index contributed by atoms with van der Waals surface area (Å²) in [6.45, 7) is 3.80. The molecule has 14 heavy (non-hydrogen) atoms. The van der Waals surface area contributed by atoms with Gasteiger partial charge >= 0.3 is 0 Å². The van der Waals surface area contributed by atoms with Gasteiger partial charge in [-0.1, -0.05) is 47.5 Å². The van der Waals surface area contributed by atoms with Crippen LogP contribution in [0.15, 0.2) is 34.4 Å². The predicted molar refractivity (Wildman–Crippen MR) is 60.8 cm³/mol. The minimum atomic E-state index is -2.42. The zero-order valence-corrected chi connectivity index (χ0v) is 10.0. The Kier molecular flexibility index (Phi) is 7.67. The van der Waals surface area contributed by atoms with Crippen LogP contribution < -0.4 is 0 Å². The highest BCUT2D eigenvalue weighted by Gasteiger charge is 2.12. The van der Waals surface area contributed by atoms with Crippen molar-refractivity contribution in [2.45, 2.75) is 33.1 Å². The van der Waals surface area contributed by atoms with E-state index in [1.807, 2.05) is 13.8 Å². The molecule has 0 aromatic rings. The average Bonchev–Trinajstić information content (AvgIpc) is 2.14. The molecule has 0 aliphatic rings. The molecule has 0 saturated heterocycles. The maximum Gasteiger partial charge on any atom is 0.264 e. The minimum Gasteiger partial charge on any atom is -0.205 e. The number of unbranched alkanes of at least 4 members (excludes halogenated alkanes) is 1. The highest BCUT2D eigenvalue weighted by atomic mass is 79.9. The van der Waals surface area contributed by atoms with Gasteiger partial charge in [0.25, 0.3) is 6.43 Å². The maximum absolute atomic E-state index is 12.5. The van der Waals surface area contributed by atoms with Crippen molar-refractivity contribution in [3.63, 3.8) is 0 Å². The Bertz CT molecular complexity index is 240. The zero-order chi connectivity index (χ0) is 11.0. The highest BCUT2D eigenvalue weighted by molar-refractivity contribution is 9.12. The molecule has 0 radical (unpaired) electrons. The van der Waals surface area contributed by atoms with E-state index >= 15 is 0 Å². The molecule has 80 valence electrons. The van der Waals surface area contributed by atoms with Crippen LogP contribution >= 0.6 is 15.9 Å². The summed E-state index contributed by atoms with van der Waals surface area (Å²) in [7, 11) is 0. The Labute approximate surface area is 92.5 Å². The van der Waals surface area contributed by atoms with E-state index in [1.165, 1.54) is 0 Å². The Morgan fingerprint density at radius 3 is 2.50 bits per heavy atom. The molecule has 0 spiro atoms. The number of alkyl halides is 2. The SMILES string of the molecule is C\C=C/C=C(Br)\C(=C\CCC)C(F)F. The summed E-state index contributed by atoms with van der Waals surface area (Å²) in [6, 6.07) is 0.